The number of nitrogens with one attached hydrogen (secondary N) is 1. The summed E-state index contributed by atoms with van der Waals surface area (Å²) in [5, 5.41) is 2.63. The van der Waals surface area contributed by atoms with Crippen molar-refractivity contribution in [1.82, 2.24) is 4.98 Å². The third-order valence-corrected chi connectivity index (χ3v) is 5.00. The Labute approximate surface area is 140 Å². The van der Waals surface area contributed by atoms with Crippen molar-refractivity contribution < 1.29 is 14.1 Å². The first-order chi connectivity index (χ1) is 10.5. The lowest BCUT2D eigenvalue weighted by Crippen LogP contribution is -2.42. The molecule has 6 nitrogen and oxygen atoms in total. The first-order valence-electron chi connectivity index (χ1n) is 7.66. The van der Waals surface area contributed by atoms with E-state index >= 15 is 0 Å². The molecule has 1 aliphatic rings. The molecule has 1 aromatic heterocycles. The molecule has 7 heteroatoms. The first-order valence-corrected chi connectivity index (χ1v) is 8.76. The van der Waals surface area contributed by atoms with Gasteiger partial charge in [-0.3, -0.25) is 5.32 Å². The summed E-state index contributed by atoms with van der Waals surface area (Å²) in [5.41, 5.74) is 1.33. The Morgan fingerprint density at radius 2 is 2.00 bits per heavy atom. The number of fused-ring (bicyclic) bond motifs is 1. The minimum absolute atomic E-state index is 0.344. The third-order valence-electron chi connectivity index (χ3n) is 3.17. The molecule has 0 fully saturated rings. The molecular formula is C16H25N3O3S. The van der Waals surface area contributed by atoms with Gasteiger partial charge in [-0.2, -0.15) is 4.31 Å². The minimum Gasteiger partial charge on any atom is -0.593 e. The molecule has 0 saturated heterocycles. The number of rotatable bonds is 2. The topological polar surface area (TPSA) is 77.5 Å². The number of pyridine rings is 1. The normalized spacial score (nSPS) is 16.0. The van der Waals surface area contributed by atoms with Gasteiger partial charge in [0.25, 0.3) is 0 Å². The van der Waals surface area contributed by atoms with Gasteiger partial charge in [0, 0.05) is 17.8 Å². The Bertz CT molecular complexity index is 593. The van der Waals surface area contributed by atoms with Crippen molar-refractivity contribution in [2.24, 2.45) is 0 Å². The maximum absolute atomic E-state index is 12.7. The summed E-state index contributed by atoms with van der Waals surface area (Å²) < 4.78 is 19.4. The van der Waals surface area contributed by atoms with Crippen molar-refractivity contribution in [3.63, 3.8) is 0 Å². The number of carbonyl (C=O) groups is 1. The van der Waals surface area contributed by atoms with Crippen LogP contribution in [0.25, 0.3) is 0 Å². The second-order valence-electron chi connectivity index (χ2n) is 7.54. The van der Waals surface area contributed by atoms with Gasteiger partial charge in [-0.25, -0.2) is 9.78 Å². The van der Waals surface area contributed by atoms with Crippen LogP contribution >= 0.6 is 0 Å². The average molecular weight is 339 g/mol. The zero-order valence-electron chi connectivity index (χ0n) is 14.6. The Kier molecular flexibility index (Phi) is 4.82. The molecule has 1 aromatic rings. The Hall–Kier alpha value is -1.47. The number of nitrogens with zero attached hydrogens (tertiary/aromatic N) is 2. The molecule has 1 unspecified atom stereocenters. The highest BCUT2D eigenvalue weighted by Gasteiger charge is 2.37. The fraction of sp³-hybridized carbons (Fsp3) is 0.625. The molecule has 2 rings (SSSR count). The van der Waals surface area contributed by atoms with Crippen LogP contribution in [0.4, 0.5) is 16.3 Å². The van der Waals surface area contributed by atoms with Gasteiger partial charge in [0.1, 0.15) is 16.2 Å². The molecule has 0 bridgehead atoms. The van der Waals surface area contributed by atoms with E-state index in [9.17, 15) is 9.35 Å². The lowest BCUT2D eigenvalue weighted by Gasteiger charge is -2.31. The SMILES string of the molecule is CC(C)(C)OC(=O)Nc1cc2c(cn1)CCN2[S+]([O-])C(C)(C)C. The maximum Gasteiger partial charge on any atom is 0.413 e. The summed E-state index contributed by atoms with van der Waals surface area (Å²) >= 11 is -1.15. The summed E-state index contributed by atoms with van der Waals surface area (Å²) in [6.07, 6.45) is 1.98. The fourth-order valence-corrected chi connectivity index (χ4v) is 3.49. The van der Waals surface area contributed by atoms with Crippen LogP contribution in [0.1, 0.15) is 47.1 Å². The number of hydrogen-bond donors (Lipinski definition) is 1. The van der Waals surface area contributed by atoms with Gasteiger partial charge in [-0.15, -0.1) is 0 Å². The molecule has 1 amide bonds. The smallest absolute Gasteiger partial charge is 0.413 e. The highest BCUT2D eigenvalue weighted by atomic mass is 32.2. The van der Waals surface area contributed by atoms with Gasteiger partial charge in [-0.05, 0) is 48.0 Å². The Balaban J connectivity index is 2.17. The number of hydrogen-bond acceptors (Lipinski definition) is 5. The molecule has 2 heterocycles. The van der Waals surface area contributed by atoms with Gasteiger partial charge in [0.2, 0.25) is 0 Å². The van der Waals surface area contributed by atoms with Gasteiger partial charge >= 0.3 is 6.09 Å². The lowest BCUT2D eigenvalue weighted by atomic mass is 10.2. The van der Waals surface area contributed by atoms with E-state index in [2.05, 4.69) is 10.3 Å². The van der Waals surface area contributed by atoms with Crippen LogP contribution in [0.2, 0.25) is 0 Å². The molecule has 0 saturated carbocycles. The molecule has 1 N–H and O–H groups in total. The minimum atomic E-state index is -1.15. The van der Waals surface area contributed by atoms with Crippen molar-refractivity contribution in [2.45, 2.75) is 58.3 Å². The predicted molar refractivity (Wildman–Crippen MR) is 93.0 cm³/mol. The number of carbonyl (C=O) groups excluding carboxylic acids is 1. The van der Waals surface area contributed by atoms with E-state index in [1.54, 1.807) is 33.0 Å². The second-order valence-corrected chi connectivity index (χ2v) is 9.70. The molecule has 1 atom stereocenters. The van der Waals surface area contributed by atoms with Crippen molar-refractivity contribution in [2.75, 3.05) is 16.2 Å². The summed E-state index contributed by atoms with van der Waals surface area (Å²) in [4.78, 5) is 16.1. The van der Waals surface area contributed by atoms with Crippen molar-refractivity contribution in [1.29, 1.82) is 0 Å². The standard InChI is InChI=1S/C16H25N3O3S/c1-15(2,3)22-14(20)18-13-9-12-11(10-17-13)7-8-19(12)23(21)16(4,5)6/h9-10H,7-8H2,1-6H3,(H,17,18,20). The summed E-state index contributed by atoms with van der Waals surface area (Å²) in [6.45, 7) is 11.9. The van der Waals surface area contributed by atoms with Crippen LogP contribution in [0.15, 0.2) is 12.3 Å². The molecule has 0 spiro atoms. The molecule has 23 heavy (non-hydrogen) atoms. The van der Waals surface area contributed by atoms with E-state index in [1.807, 2.05) is 25.1 Å². The fourth-order valence-electron chi connectivity index (χ4n) is 2.22. The van der Waals surface area contributed by atoms with E-state index in [1.165, 1.54) is 0 Å². The summed E-state index contributed by atoms with van der Waals surface area (Å²) in [6, 6.07) is 1.76. The van der Waals surface area contributed by atoms with Gasteiger partial charge in [-0.1, -0.05) is 0 Å². The van der Waals surface area contributed by atoms with Gasteiger partial charge < -0.3 is 9.29 Å². The molecule has 128 valence electrons. The van der Waals surface area contributed by atoms with E-state index in [0.29, 0.717) is 12.4 Å². The number of aromatic nitrogens is 1. The predicted octanol–water partition coefficient (Wildman–Crippen LogP) is 3.25. The summed E-state index contributed by atoms with van der Waals surface area (Å²) in [7, 11) is 0. The number of amides is 1. The number of ether oxygens (including phenoxy) is 1. The largest absolute Gasteiger partial charge is 0.593 e. The number of anilines is 2. The lowest BCUT2D eigenvalue weighted by molar-refractivity contribution is 0.0635. The Morgan fingerprint density at radius 3 is 2.57 bits per heavy atom. The van der Waals surface area contributed by atoms with E-state index in [0.717, 1.165) is 17.7 Å². The Morgan fingerprint density at radius 1 is 1.35 bits per heavy atom. The molecule has 0 radical (unpaired) electrons. The zero-order chi connectivity index (χ0) is 17.4. The van der Waals surface area contributed by atoms with Gasteiger partial charge in [0.15, 0.2) is 0 Å². The van der Waals surface area contributed by atoms with Crippen molar-refractivity contribution >= 4 is 29.0 Å². The van der Waals surface area contributed by atoms with Crippen LogP contribution in [0.3, 0.4) is 0 Å². The highest BCUT2D eigenvalue weighted by Crippen LogP contribution is 2.35. The van der Waals surface area contributed by atoms with Crippen LogP contribution in [0.5, 0.6) is 0 Å². The molecule has 1 aliphatic heterocycles. The highest BCUT2D eigenvalue weighted by molar-refractivity contribution is 7.94. The van der Waals surface area contributed by atoms with Gasteiger partial charge in [0.05, 0.1) is 23.6 Å². The van der Waals surface area contributed by atoms with Crippen LogP contribution in [-0.2, 0) is 22.5 Å². The molecular weight excluding hydrogens is 314 g/mol. The average Bonchev–Trinajstić information content (AvgIpc) is 2.77. The van der Waals surface area contributed by atoms with E-state index in [4.69, 9.17) is 4.74 Å². The van der Waals surface area contributed by atoms with Crippen LogP contribution in [0, 0.1) is 0 Å². The monoisotopic (exact) mass is 339 g/mol. The van der Waals surface area contributed by atoms with Crippen LogP contribution < -0.4 is 9.62 Å². The second kappa shape index (κ2) is 6.20. The third kappa shape index (κ3) is 4.51. The zero-order valence-corrected chi connectivity index (χ0v) is 15.4. The first kappa shape index (κ1) is 17.9. The quantitative estimate of drug-likeness (QED) is 0.837. The van der Waals surface area contributed by atoms with Crippen molar-refractivity contribution in [3.8, 4) is 0 Å². The van der Waals surface area contributed by atoms with Crippen molar-refractivity contribution in [3.05, 3.63) is 17.8 Å². The van der Waals surface area contributed by atoms with Crippen LogP contribution in [-0.4, -0.2) is 32.5 Å². The molecule has 0 aromatic carbocycles. The molecule has 0 aliphatic carbocycles. The summed E-state index contributed by atoms with van der Waals surface area (Å²) in [5.74, 6) is 0.399. The van der Waals surface area contributed by atoms with E-state index < -0.39 is 23.1 Å². The maximum atomic E-state index is 12.7. The van der Waals surface area contributed by atoms with E-state index in [-0.39, 0.29) is 4.75 Å².